The predicted octanol–water partition coefficient (Wildman–Crippen LogP) is 0.862. The molecular weight excluding hydrogens is 204 g/mol. The molecule has 0 radical (unpaired) electrons. The van der Waals surface area contributed by atoms with E-state index in [0.717, 1.165) is 0 Å². The van der Waals surface area contributed by atoms with Gasteiger partial charge in [-0.1, -0.05) is 0 Å². The lowest BCUT2D eigenvalue weighted by atomic mass is 10.2. The fourth-order valence-corrected chi connectivity index (χ4v) is 0.791. The van der Waals surface area contributed by atoms with Gasteiger partial charge in [0, 0.05) is 6.42 Å². The van der Waals surface area contributed by atoms with E-state index in [1.165, 1.54) is 0 Å². The summed E-state index contributed by atoms with van der Waals surface area (Å²) in [6, 6.07) is 0. The Hall–Kier alpha value is -0.910. The Morgan fingerprint density at radius 2 is 1.86 bits per heavy atom. The van der Waals surface area contributed by atoms with Crippen LogP contribution in [0.15, 0.2) is 0 Å². The molecule has 0 aliphatic carbocycles. The first-order chi connectivity index (χ1) is 6.35. The molecule has 0 aliphatic heterocycles. The SMILES string of the molecule is CC(C)(C)OC(=O)NNC(=O)CCS. The molecule has 0 unspecified atom stereocenters. The highest BCUT2D eigenvalue weighted by Gasteiger charge is 2.16. The van der Waals surface area contributed by atoms with E-state index in [-0.39, 0.29) is 12.3 Å². The van der Waals surface area contributed by atoms with Crippen LogP contribution in [0.25, 0.3) is 0 Å². The molecule has 0 saturated heterocycles. The van der Waals surface area contributed by atoms with E-state index in [9.17, 15) is 9.59 Å². The lowest BCUT2D eigenvalue weighted by molar-refractivity contribution is -0.121. The number of nitrogens with one attached hydrogen (secondary N) is 2. The molecule has 0 heterocycles. The van der Waals surface area contributed by atoms with E-state index >= 15 is 0 Å². The number of hydrogen-bond donors (Lipinski definition) is 3. The first kappa shape index (κ1) is 13.1. The largest absolute Gasteiger partial charge is 0.443 e. The molecule has 0 bridgehead atoms. The fourth-order valence-electron chi connectivity index (χ4n) is 0.588. The summed E-state index contributed by atoms with van der Waals surface area (Å²) >= 11 is 3.87. The van der Waals surface area contributed by atoms with Gasteiger partial charge in [0.15, 0.2) is 0 Å². The van der Waals surface area contributed by atoms with Gasteiger partial charge in [0.25, 0.3) is 0 Å². The summed E-state index contributed by atoms with van der Waals surface area (Å²) in [4.78, 5) is 21.9. The zero-order valence-electron chi connectivity index (χ0n) is 8.59. The van der Waals surface area contributed by atoms with Crippen molar-refractivity contribution in [3.63, 3.8) is 0 Å². The van der Waals surface area contributed by atoms with Crippen LogP contribution in [0.2, 0.25) is 0 Å². The fraction of sp³-hybridized carbons (Fsp3) is 0.750. The highest BCUT2D eigenvalue weighted by molar-refractivity contribution is 7.80. The summed E-state index contributed by atoms with van der Waals surface area (Å²) in [5.41, 5.74) is 3.75. The van der Waals surface area contributed by atoms with Crippen molar-refractivity contribution < 1.29 is 14.3 Å². The van der Waals surface area contributed by atoms with Gasteiger partial charge in [-0.15, -0.1) is 0 Å². The first-order valence-corrected chi connectivity index (χ1v) is 4.87. The molecule has 14 heavy (non-hydrogen) atoms. The molecule has 0 aromatic heterocycles. The molecule has 0 rings (SSSR count). The average Bonchev–Trinajstić information content (AvgIpc) is 1.98. The highest BCUT2D eigenvalue weighted by atomic mass is 32.1. The molecule has 5 nitrogen and oxygen atoms in total. The summed E-state index contributed by atoms with van der Waals surface area (Å²) in [6.45, 7) is 5.21. The maximum Gasteiger partial charge on any atom is 0.426 e. The maximum absolute atomic E-state index is 11.0. The van der Waals surface area contributed by atoms with Crippen molar-refractivity contribution in [2.75, 3.05) is 5.75 Å². The molecule has 2 N–H and O–H groups in total. The van der Waals surface area contributed by atoms with Gasteiger partial charge in [-0.2, -0.15) is 12.6 Å². The second kappa shape index (κ2) is 5.74. The second-order valence-electron chi connectivity index (χ2n) is 3.65. The van der Waals surface area contributed by atoms with Crippen molar-refractivity contribution in [1.29, 1.82) is 0 Å². The molecule has 0 saturated carbocycles. The van der Waals surface area contributed by atoms with Gasteiger partial charge in [0.05, 0.1) is 0 Å². The monoisotopic (exact) mass is 220 g/mol. The Morgan fingerprint density at radius 3 is 2.29 bits per heavy atom. The molecule has 0 aliphatic rings. The number of hydrazine groups is 1. The second-order valence-corrected chi connectivity index (χ2v) is 4.10. The van der Waals surface area contributed by atoms with Gasteiger partial charge < -0.3 is 4.74 Å². The summed E-state index contributed by atoms with van der Waals surface area (Å²) in [5, 5.41) is 0. The minimum atomic E-state index is -0.676. The maximum atomic E-state index is 11.0. The Morgan fingerprint density at radius 1 is 1.29 bits per heavy atom. The van der Waals surface area contributed by atoms with Gasteiger partial charge in [0.1, 0.15) is 5.60 Å². The number of carbonyl (C=O) groups excluding carboxylic acids is 2. The van der Waals surface area contributed by atoms with E-state index < -0.39 is 11.7 Å². The third-order valence-corrected chi connectivity index (χ3v) is 1.27. The van der Waals surface area contributed by atoms with Gasteiger partial charge >= 0.3 is 6.09 Å². The van der Waals surface area contributed by atoms with Crippen LogP contribution in [0.4, 0.5) is 4.79 Å². The van der Waals surface area contributed by atoms with Gasteiger partial charge in [0.2, 0.25) is 5.91 Å². The zero-order chi connectivity index (χ0) is 11.2. The number of ether oxygens (including phenoxy) is 1. The summed E-state index contributed by atoms with van der Waals surface area (Å²) in [5.74, 6) is 0.132. The number of rotatable bonds is 2. The zero-order valence-corrected chi connectivity index (χ0v) is 9.48. The van der Waals surface area contributed by atoms with Gasteiger partial charge in [-0.3, -0.25) is 10.2 Å². The predicted molar refractivity (Wildman–Crippen MR) is 56.0 cm³/mol. The standard InChI is InChI=1S/C8H16N2O3S/c1-8(2,3)13-7(12)10-9-6(11)4-5-14/h14H,4-5H2,1-3H3,(H,9,11)(H,10,12). The van der Waals surface area contributed by atoms with E-state index in [1.54, 1.807) is 20.8 Å². The number of hydrogen-bond acceptors (Lipinski definition) is 4. The van der Waals surface area contributed by atoms with Crippen LogP contribution in [0, 0.1) is 0 Å². The molecular formula is C8H16N2O3S. The quantitative estimate of drug-likeness (QED) is 0.477. The topological polar surface area (TPSA) is 67.4 Å². The van der Waals surface area contributed by atoms with Crippen molar-refractivity contribution in [3.8, 4) is 0 Å². The third-order valence-electron chi connectivity index (χ3n) is 1.04. The molecule has 0 spiro atoms. The van der Waals surface area contributed by atoms with Crippen molar-refractivity contribution in [2.24, 2.45) is 0 Å². The lowest BCUT2D eigenvalue weighted by Crippen LogP contribution is -2.44. The molecule has 0 aromatic rings. The van der Waals surface area contributed by atoms with Gasteiger partial charge in [-0.05, 0) is 26.5 Å². The van der Waals surface area contributed by atoms with Crippen LogP contribution in [-0.4, -0.2) is 23.4 Å². The molecule has 0 atom stereocenters. The minimum Gasteiger partial charge on any atom is -0.443 e. The number of thiol groups is 1. The average molecular weight is 220 g/mol. The van der Waals surface area contributed by atoms with E-state index in [2.05, 4.69) is 23.5 Å². The minimum absolute atomic E-state index is 0.249. The Bertz CT molecular complexity index is 213. The molecule has 0 aromatic carbocycles. The molecule has 0 fully saturated rings. The van der Waals surface area contributed by atoms with Crippen LogP contribution in [-0.2, 0) is 9.53 Å². The summed E-state index contributed by atoms with van der Waals surface area (Å²) in [6.07, 6.45) is -0.427. The van der Waals surface area contributed by atoms with Crippen molar-refractivity contribution >= 4 is 24.6 Å². The van der Waals surface area contributed by atoms with E-state index in [0.29, 0.717) is 5.75 Å². The first-order valence-electron chi connectivity index (χ1n) is 4.24. The van der Waals surface area contributed by atoms with Crippen molar-refractivity contribution in [3.05, 3.63) is 0 Å². The summed E-state index contributed by atoms with van der Waals surface area (Å²) in [7, 11) is 0. The van der Waals surface area contributed by atoms with Crippen LogP contribution < -0.4 is 10.9 Å². The molecule has 82 valence electrons. The van der Waals surface area contributed by atoms with Crippen LogP contribution in [0.3, 0.4) is 0 Å². The Labute approximate surface area is 89.0 Å². The lowest BCUT2D eigenvalue weighted by Gasteiger charge is -2.19. The number of amides is 2. The van der Waals surface area contributed by atoms with Crippen LogP contribution >= 0.6 is 12.6 Å². The van der Waals surface area contributed by atoms with Gasteiger partial charge in [-0.25, -0.2) is 10.2 Å². The Kier molecular flexibility index (Phi) is 5.37. The van der Waals surface area contributed by atoms with Crippen molar-refractivity contribution in [2.45, 2.75) is 32.8 Å². The smallest absolute Gasteiger partial charge is 0.426 e. The van der Waals surface area contributed by atoms with Crippen molar-refractivity contribution in [1.82, 2.24) is 10.9 Å². The third kappa shape index (κ3) is 7.72. The van der Waals surface area contributed by atoms with Crippen LogP contribution in [0.5, 0.6) is 0 Å². The summed E-state index contributed by atoms with van der Waals surface area (Å²) < 4.78 is 4.88. The van der Waals surface area contributed by atoms with Crippen LogP contribution in [0.1, 0.15) is 27.2 Å². The number of carbonyl (C=O) groups is 2. The molecule has 2 amide bonds. The molecule has 6 heteroatoms. The Balaban J connectivity index is 3.70. The van der Waals surface area contributed by atoms with E-state index in [1.807, 2.05) is 0 Å². The normalized spacial score (nSPS) is 10.6. The van der Waals surface area contributed by atoms with E-state index in [4.69, 9.17) is 4.74 Å². The highest BCUT2D eigenvalue weighted by Crippen LogP contribution is 2.05.